The molecule has 0 aliphatic carbocycles. The highest BCUT2D eigenvalue weighted by Crippen LogP contribution is 2.26. The molecule has 6 heteroatoms. The molecule has 5 nitrogen and oxygen atoms in total. The van der Waals surface area contributed by atoms with E-state index < -0.39 is 0 Å². The molecule has 0 saturated carbocycles. The van der Waals surface area contributed by atoms with Gasteiger partial charge < -0.3 is 9.64 Å². The Labute approximate surface area is 164 Å². The average molecular weight is 384 g/mol. The predicted molar refractivity (Wildman–Crippen MR) is 107 cm³/mol. The van der Waals surface area contributed by atoms with E-state index in [-0.39, 0.29) is 5.97 Å². The fraction of sp³-hybridized carbons (Fsp3) is 0.238. The van der Waals surface area contributed by atoms with Gasteiger partial charge >= 0.3 is 5.97 Å². The summed E-state index contributed by atoms with van der Waals surface area (Å²) >= 11 is 6.03. The van der Waals surface area contributed by atoms with Crippen LogP contribution in [0.3, 0.4) is 0 Å². The zero-order chi connectivity index (χ0) is 19.2. The molecule has 0 N–H and O–H groups in total. The van der Waals surface area contributed by atoms with E-state index in [2.05, 4.69) is 4.90 Å². The van der Waals surface area contributed by atoms with E-state index in [0.717, 1.165) is 22.5 Å². The third-order valence-corrected chi connectivity index (χ3v) is 4.55. The van der Waals surface area contributed by atoms with Crippen molar-refractivity contribution in [3.8, 4) is 16.9 Å². The summed E-state index contributed by atoms with van der Waals surface area (Å²) in [5.74, 6) is -0.209. The van der Waals surface area contributed by atoms with Crippen molar-refractivity contribution in [2.45, 2.75) is 13.0 Å². The number of methoxy groups -OCH3 is 1. The summed E-state index contributed by atoms with van der Waals surface area (Å²) < 4.78 is 6.60. The lowest BCUT2D eigenvalue weighted by molar-refractivity contribution is -0.140. The van der Waals surface area contributed by atoms with E-state index in [9.17, 15) is 4.79 Å². The molecule has 1 heterocycles. The summed E-state index contributed by atoms with van der Waals surface area (Å²) in [4.78, 5) is 13.5. The smallest absolute Gasteiger partial charge is 0.306 e. The van der Waals surface area contributed by atoms with Gasteiger partial charge in [0, 0.05) is 35.4 Å². The maximum atomic E-state index is 11.4. The van der Waals surface area contributed by atoms with Gasteiger partial charge in [-0.15, -0.1) is 0 Å². The first-order chi connectivity index (χ1) is 13.1. The van der Waals surface area contributed by atoms with Crippen molar-refractivity contribution in [1.82, 2.24) is 14.7 Å². The fourth-order valence-corrected chi connectivity index (χ4v) is 2.97. The summed E-state index contributed by atoms with van der Waals surface area (Å²) in [5, 5.41) is 5.49. The first kappa shape index (κ1) is 19.1. The third kappa shape index (κ3) is 4.96. The summed E-state index contributed by atoms with van der Waals surface area (Å²) in [7, 11) is 3.39. The van der Waals surface area contributed by atoms with Crippen LogP contribution in [0.2, 0.25) is 5.02 Å². The minimum Gasteiger partial charge on any atom is -0.469 e. The van der Waals surface area contributed by atoms with Crippen molar-refractivity contribution in [2.75, 3.05) is 20.7 Å². The van der Waals surface area contributed by atoms with Crippen LogP contribution in [0.15, 0.2) is 60.8 Å². The van der Waals surface area contributed by atoms with Crippen LogP contribution in [0.1, 0.15) is 12.0 Å². The molecule has 0 aliphatic heterocycles. The number of para-hydroxylation sites is 1. The van der Waals surface area contributed by atoms with E-state index >= 15 is 0 Å². The summed E-state index contributed by atoms with van der Waals surface area (Å²) in [6.45, 7) is 1.28. The van der Waals surface area contributed by atoms with Crippen LogP contribution in [0.5, 0.6) is 0 Å². The molecule has 0 spiro atoms. The molecule has 0 atom stereocenters. The molecule has 3 aromatic rings. The number of halogens is 1. The number of hydrogen-bond donors (Lipinski definition) is 0. The standard InChI is InChI=1S/C21H22ClN3O2/c1-24(13-12-20(26)27-2)14-17-15-25(19-6-4-3-5-7-19)23-21(17)16-8-10-18(22)11-9-16/h3-11,15H,12-14H2,1-2H3. The Morgan fingerprint density at radius 3 is 2.52 bits per heavy atom. The first-order valence-corrected chi connectivity index (χ1v) is 9.10. The quantitative estimate of drug-likeness (QED) is 0.574. The number of carbonyl (C=O) groups is 1. The molecule has 0 radical (unpaired) electrons. The number of aromatic nitrogens is 2. The Balaban J connectivity index is 1.89. The van der Waals surface area contributed by atoms with Crippen molar-refractivity contribution < 1.29 is 9.53 Å². The fourth-order valence-electron chi connectivity index (χ4n) is 2.84. The highest BCUT2D eigenvalue weighted by molar-refractivity contribution is 6.30. The second-order valence-corrected chi connectivity index (χ2v) is 6.79. The Morgan fingerprint density at radius 2 is 1.85 bits per heavy atom. The van der Waals surface area contributed by atoms with Crippen molar-refractivity contribution in [2.24, 2.45) is 0 Å². The molecule has 0 aliphatic rings. The van der Waals surface area contributed by atoms with Gasteiger partial charge in [-0.2, -0.15) is 5.10 Å². The SMILES string of the molecule is COC(=O)CCN(C)Cc1cn(-c2ccccc2)nc1-c1ccc(Cl)cc1. The van der Waals surface area contributed by atoms with Gasteiger partial charge in [-0.3, -0.25) is 4.79 Å². The topological polar surface area (TPSA) is 47.4 Å². The van der Waals surface area contributed by atoms with Crippen LogP contribution in [0.4, 0.5) is 0 Å². The Hall–Kier alpha value is -2.63. The van der Waals surface area contributed by atoms with Gasteiger partial charge in [0.15, 0.2) is 0 Å². The summed E-state index contributed by atoms with van der Waals surface area (Å²) in [6.07, 6.45) is 2.39. The first-order valence-electron chi connectivity index (χ1n) is 8.72. The van der Waals surface area contributed by atoms with Gasteiger partial charge in [0.05, 0.1) is 24.9 Å². The normalized spacial score (nSPS) is 11.0. The molecule has 3 rings (SSSR count). The highest BCUT2D eigenvalue weighted by atomic mass is 35.5. The van der Waals surface area contributed by atoms with E-state index in [0.29, 0.717) is 24.5 Å². The molecule has 27 heavy (non-hydrogen) atoms. The molecule has 0 saturated heterocycles. The number of esters is 1. The van der Waals surface area contributed by atoms with Crippen LogP contribution in [0, 0.1) is 0 Å². The number of hydrogen-bond acceptors (Lipinski definition) is 4. The van der Waals surface area contributed by atoms with Crippen LogP contribution in [0.25, 0.3) is 16.9 Å². The second kappa shape index (κ2) is 8.84. The van der Waals surface area contributed by atoms with Gasteiger partial charge in [0.1, 0.15) is 0 Å². The van der Waals surface area contributed by atoms with Crippen molar-refractivity contribution in [3.63, 3.8) is 0 Å². The predicted octanol–water partition coefficient (Wildman–Crippen LogP) is 4.19. The maximum Gasteiger partial charge on any atom is 0.306 e. The van der Waals surface area contributed by atoms with E-state index in [1.165, 1.54) is 7.11 Å². The number of rotatable bonds is 7. The monoisotopic (exact) mass is 383 g/mol. The molecule has 0 unspecified atom stereocenters. The van der Waals surface area contributed by atoms with Crippen LogP contribution in [-0.4, -0.2) is 41.4 Å². The molecule has 1 aromatic heterocycles. The lowest BCUT2D eigenvalue weighted by atomic mass is 10.1. The molecule has 140 valence electrons. The third-order valence-electron chi connectivity index (χ3n) is 4.29. The van der Waals surface area contributed by atoms with Crippen LogP contribution in [-0.2, 0) is 16.1 Å². The minimum absolute atomic E-state index is 0.209. The van der Waals surface area contributed by atoms with Crippen molar-refractivity contribution in [1.29, 1.82) is 0 Å². The largest absolute Gasteiger partial charge is 0.469 e. The Bertz CT molecular complexity index is 892. The molecule has 2 aromatic carbocycles. The number of benzene rings is 2. The second-order valence-electron chi connectivity index (χ2n) is 6.35. The van der Waals surface area contributed by atoms with Gasteiger partial charge in [-0.25, -0.2) is 4.68 Å². The molecule has 0 bridgehead atoms. The summed E-state index contributed by atoms with van der Waals surface area (Å²) in [5.41, 5.74) is 3.98. The van der Waals surface area contributed by atoms with Crippen molar-refractivity contribution >= 4 is 17.6 Å². The lowest BCUT2D eigenvalue weighted by Crippen LogP contribution is -2.22. The van der Waals surface area contributed by atoms with Gasteiger partial charge in [-0.1, -0.05) is 41.9 Å². The average Bonchev–Trinajstić information content (AvgIpc) is 3.11. The van der Waals surface area contributed by atoms with Gasteiger partial charge in [-0.05, 0) is 31.3 Å². The molecule has 0 fully saturated rings. The minimum atomic E-state index is -0.209. The van der Waals surface area contributed by atoms with Crippen LogP contribution >= 0.6 is 11.6 Å². The van der Waals surface area contributed by atoms with Gasteiger partial charge in [0.2, 0.25) is 0 Å². The highest BCUT2D eigenvalue weighted by Gasteiger charge is 2.15. The van der Waals surface area contributed by atoms with Crippen LogP contribution < -0.4 is 0 Å². The van der Waals surface area contributed by atoms with E-state index in [4.69, 9.17) is 21.4 Å². The lowest BCUT2D eigenvalue weighted by Gasteiger charge is -2.15. The number of ether oxygens (including phenoxy) is 1. The zero-order valence-electron chi connectivity index (χ0n) is 15.4. The maximum absolute atomic E-state index is 11.4. The van der Waals surface area contributed by atoms with E-state index in [1.54, 1.807) is 0 Å². The molecular formula is C21H22ClN3O2. The van der Waals surface area contributed by atoms with Crippen molar-refractivity contribution in [3.05, 3.63) is 71.4 Å². The van der Waals surface area contributed by atoms with E-state index in [1.807, 2.05) is 72.5 Å². The molecular weight excluding hydrogens is 362 g/mol. The van der Waals surface area contributed by atoms with Gasteiger partial charge in [0.25, 0.3) is 0 Å². The molecule has 0 amide bonds. The zero-order valence-corrected chi connectivity index (χ0v) is 16.2. The number of carbonyl (C=O) groups excluding carboxylic acids is 1. The number of nitrogens with zero attached hydrogens (tertiary/aromatic N) is 3. The Morgan fingerprint density at radius 1 is 1.15 bits per heavy atom. The Kier molecular flexibility index (Phi) is 6.27. The summed E-state index contributed by atoms with van der Waals surface area (Å²) in [6, 6.07) is 17.7.